The third kappa shape index (κ3) is 22.5. The van der Waals surface area contributed by atoms with Gasteiger partial charge in [0.2, 0.25) is 0 Å². The first kappa shape index (κ1) is 46.6. The summed E-state index contributed by atoms with van der Waals surface area (Å²) >= 11 is 0. The van der Waals surface area contributed by atoms with Gasteiger partial charge in [-0.1, -0.05) is 48.5 Å². The lowest BCUT2D eigenvalue weighted by Crippen LogP contribution is -2.27. The van der Waals surface area contributed by atoms with Crippen LogP contribution in [0.15, 0.2) is 48.5 Å². The topological polar surface area (TPSA) is 140 Å². The van der Waals surface area contributed by atoms with Gasteiger partial charge in [-0.05, 0) is 28.7 Å². The molecule has 3 rings (SSSR count). The maximum Gasteiger partial charge on any atom is 0.407 e. The zero-order valence-electron chi connectivity index (χ0n) is 32.3. The van der Waals surface area contributed by atoms with E-state index < -0.39 is 12.8 Å². The molecule has 0 saturated heterocycles. The summed E-state index contributed by atoms with van der Waals surface area (Å²) in [6, 6.07) is 16.6. The predicted octanol–water partition coefficient (Wildman–Crippen LogP) is 4.07. The van der Waals surface area contributed by atoms with Crippen molar-refractivity contribution in [2.45, 2.75) is 12.3 Å². The van der Waals surface area contributed by atoms with Crippen LogP contribution in [0.1, 0.15) is 23.5 Å². The minimum absolute atomic E-state index is 0.0466. The third-order valence-electron chi connectivity index (χ3n) is 8.02. The fourth-order valence-electron chi connectivity index (χ4n) is 5.37. The summed E-state index contributed by atoms with van der Waals surface area (Å²) in [4.78, 5) is 12.3. The van der Waals surface area contributed by atoms with Gasteiger partial charge in [-0.3, -0.25) is 0 Å². The van der Waals surface area contributed by atoms with E-state index in [-0.39, 0.29) is 12.5 Å². The van der Waals surface area contributed by atoms with Crippen LogP contribution in [0, 0.1) is 0 Å². The Hall–Kier alpha value is -2.80. The maximum absolute atomic E-state index is 12.3. The second-order valence-electron chi connectivity index (χ2n) is 12.0. The molecule has 0 atom stereocenters. The van der Waals surface area contributed by atoms with Gasteiger partial charge in [-0.2, -0.15) is 0 Å². The van der Waals surface area contributed by atoms with Crippen LogP contribution in [0.3, 0.4) is 0 Å². The number of carbonyl (C=O) groups is 1. The molecule has 2 aromatic rings. The van der Waals surface area contributed by atoms with Gasteiger partial charge >= 0.3 is 6.09 Å². The molecule has 0 unspecified atom stereocenters. The van der Waals surface area contributed by atoms with Gasteiger partial charge in [-0.25, -0.2) is 9.18 Å². The first-order valence-corrected chi connectivity index (χ1v) is 19.3. The quantitative estimate of drug-likeness (QED) is 0.0981. The first-order chi connectivity index (χ1) is 27.3. The van der Waals surface area contributed by atoms with Crippen molar-refractivity contribution in [3.05, 3.63) is 59.7 Å². The van der Waals surface area contributed by atoms with E-state index in [0.717, 1.165) is 0 Å². The number of carbonyl (C=O) groups excluding carboxylic acids is 1. The van der Waals surface area contributed by atoms with E-state index in [4.69, 9.17) is 56.8 Å². The fourth-order valence-corrected chi connectivity index (χ4v) is 5.37. The molecule has 0 fully saturated rings. The average molecular weight is 784 g/mol. The van der Waals surface area contributed by atoms with Gasteiger partial charge in [0.15, 0.2) is 0 Å². The Labute approximate surface area is 325 Å². The zero-order chi connectivity index (χ0) is 38.7. The third-order valence-corrected chi connectivity index (χ3v) is 8.02. The molecule has 0 aliphatic heterocycles. The van der Waals surface area contributed by atoms with Crippen LogP contribution in [0.4, 0.5) is 9.18 Å². The number of hydrogen-bond acceptors (Lipinski definition) is 13. The van der Waals surface area contributed by atoms with Crippen LogP contribution in [0.25, 0.3) is 11.1 Å². The number of fused-ring (bicyclic) bond motifs is 3. The molecule has 1 amide bonds. The number of ether oxygens (including phenoxy) is 12. The smallest absolute Gasteiger partial charge is 0.407 e. The Balaban J connectivity index is 0.941. The van der Waals surface area contributed by atoms with E-state index in [0.29, 0.717) is 158 Å². The van der Waals surface area contributed by atoms with Crippen LogP contribution < -0.4 is 5.32 Å². The predicted molar refractivity (Wildman–Crippen MR) is 203 cm³/mol. The van der Waals surface area contributed by atoms with E-state index in [1.807, 2.05) is 24.3 Å². The largest absolute Gasteiger partial charge is 0.449 e. The van der Waals surface area contributed by atoms with E-state index in [1.165, 1.54) is 22.3 Å². The molecule has 0 bridgehead atoms. The summed E-state index contributed by atoms with van der Waals surface area (Å²) in [5, 5.41) is 2.80. The van der Waals surface area contributed by atoms with Crippen LogP contribution in [0.5, 0.6) is 0 Å². The summed E-state index contributed by atoms with van der Waals surface area (Å²) in [6.07, 6.45) is 0.262. The van der Waals surface area contributed by atoms with Crippen molar-refractivity contribution in [3.63, 3.8) is 0 Å². The maximum atomic E-state index is 12.3. The van der Waals surface area contributed by atoms with Crippen LogP contribution in [-0.4, -0.2) is 171 Å². The molecule has 1 aliphatic rings. The van der Waals surface area contributed by atoms with Crippen molar-refractivity contribution in [2.24, 2.45) is 0 Å². The molecule has 2 aromatic carbocycles. The molecule has 0 spiro atoms. The van der Waals surface area contributed by atoms with E-state index in [2.05, 4.69) is 29.6 Å². The molecule has 15 heteroatoms. The molecule has 0 radical (unpaired) electrons. The van der Waals surface area contributed by atoms with Gasteiger partial charge < -0.3 is 62.2 Å². The number of nitrogens with one attached hydrogen (secondary N) is 1. The second kappa shape index (κ2) is 33.4. The Bertz CT molecular complexity index is 1170. The molecule has 1 N–H and O–H groups in total. The summed E-state index contributed by atoms with van der Waals surface area (Å²) in [5.41, 5.74) is 4.80. The minimum Gasteiger partial charge on any atom is -0.449 e. The standard InChI is InChI=1S/C40H62FNO13/c41-10-13-45-15-17-47-19-21-49-23-25-51-27-29-53-31-33-54-32-30-52-28-26-50-24-22-48-20-18-46-16-14-44-12-5-11-42-40(43)55-34-39-37-8-3-1-6-35(37)36-7-2-4-9-38(36)39/h1-4,6-9,39H,5,10-34H2,(H,42,43). The van der Waals surface area contributed by atoms with E-state index >= 15 is 0 Å². The molecule has 1 aliphatic carbocycles. The van der Waals surface area contributed by atoms with Crippen molar-refractivity contribution in [3.8, 4) is 11.1 Å². The number of rotatable bonds is 38. The number of alkyl carbamates (subject to hydrolysis) is 1. The van der Waals surface area contributed by atoms with Crippen molar-refractivity contribution in [1.29, 1.82) is 0 Å². The monoisotopic (exact) mass is 783 g/mol. The molecule has 0 heterocycles. The normalized spacial score (nSPS) is 12.2. The van der Waals surface area contributed by atoms with Gasteiger partial charge in [0, 0.05) is 19.1 Å². The van der Waals surface area contributed by atoms with Gasteiger partial charge in [-0.15, -0.1) is 0 Å². The van der Waals surface area contributed by atoms with Gasteiger partial charge in [0.25, 0.3) is 0 Å². The van der Waals surface area contributed by atoms with Crippen molar-refractivity contribution < 1.29 is 66.0 Å². The number of alkyl halides is 1. The SMILES string of the molecule is O=C(NCCCOCCOCCOCCOCCOCCOCCOCCOCCOCCOCCOCCF)OCC1c2ccccc2-c2ccccc21. The summed E-state index contributed by atoms with van der Waals surface area (Å²) < 4.78 is 77.0. The minimum atomic E-state index is -0.479. The number of hydrogen-bond donors (Lipinski definition) is 1. The fraction of sp³-hybridized carbons (Fsp3) is 0.675. The first-order valence-electron chi connectivity index (χ1n) is 19.3. The zero-order valence-corrected chi connectivity index (χ0v) is 32.3. The second-order valence-corrected chi connectivity index (χ2v) is 12.0. The van der Waals surface area contributed by atoms with Crippen molar-refractivity contribution in [1.82, 2.24) is 5.32 Å². The lowest BCUT2D eigenvalue weighted by molar-refractivity contribution is -0.0276. The van der Waals surface area contributed by atoms with Gasteiger partial charge in [0.05, 0.1) is 139 Å². The van der Waals surface area contributed by atoms with Crippen LogP contribution >= 0.6 is 0 Å². The Morgan fingerprint density at radius 2 is 0.764 bits per heavy atom. The Morgan fingerprint density at radius 1 is 0.455 bits per heavy atom. The highest BCUT2D eigenvalue weighted by Gasteiger charge is 2.28. The molecular weight excluding hydrogens is 721 g/mol. The average Bonchev–Trinajstić information content (AvgIpc) is 3.53. The molecule has 0 saturated carbocycles. The summed E-state index contributed by atoms with van der Waals surface area (Å²) in [7, 11) is 0. The molecule has 55 heavy (non-hydrogen) atoms. The number of amides is 1. The number of halogens is 1. The van der Waals surface area contributed by atoms with E-state index in [9.17, 15) is 9.18 Å². The van der Waals surface area contributed by atoms with Crippen LogP contribution in [-0.2, 0) is 56.8 Å². The van der Waals surface area contributed by atoms with Crippen molar-refractivity contribution >= 4 is 6.09 Å². The Morgan fingerprint density at radius 3 is 1.11 bits per heavy atom. The molecular formula is C40H62FNO13. The lowest BCUT2D eigenvalue weighted by atomic mass is 9.98. The highest BCUT2D eigenvalue weighted by molar-refractivity contribution is 5.79. The summed E-state index contributed by atoms with van der Waals surface area (Å²) in [6.45, 7) is 10.4. The van der Waals surface area contributed by atoms with Crippen molar-refractivity contribution in [2.75, 3.05) is 165 Å². The highest BCUT2D eigenvalue weighted by Crippen LogP contribution is 2.44. The van der Waals surface area contributed by atoms with Gasteiger partial charge in [0.1, 0.15) is 13.3 Å². The highest BCUT2D eigenvalue weighted by atomic mass is 19.1. The molecule has 0 aromatic heterocycles. The molecule has 14 nitrogen and oxygen atoms in total. The summed E-state index contributed by atoms with van der Waals surface area (Å²) in [5.74, 6) is 0.0466. The molecule has 312 valence electrons. The van der Waals surface area contributed by atoms with E-state index in [1.54, 1.807) is 0 Å². The lowest BCUT2D eigenvalue weighted by Gasteiger charge is -2.14. The number of benzene rings is 2. The Kier molecular flexibility index (Phi) is 28.2. The van der Waals surface area contributed by atoms with Crippen LogP contribution in [0.2, 0.25) is 0 Å².